The number of nitrogens with zero attached hydrogens (tertiary/aromatic N) is 2. The highest BCUT2D eigenvalue weighted by Crippen LogP contribution is 2.25. The van der Waals surface area contributed by atoms with Crippen LogP contribution in [0.5, 0.6) is 10.9 Å². The van der Waals surface area contributed by atoms with Gasteiger partial charge in [0, 0.05) is 0 Å². The van der Waals surface area contributed by atoms with Gasteiger partial charge in [0.15, 0.2) is 0 Å². The van der Waals surface area contributed by atoms with Crippen LogP contribution in [-0.4, -0.2) is 16.1 Å². The zero-order valence-corrected chi connectivity index (χ0v) is 8.40. The number of hydrogen-bond donors (Lipinski definition) is 1. The van der Waals surface area contributed by atoms with E-state index in [2.05, 4.69) is 10.2 Å². The highest BCUT2D eigenvalue weighted by molar-refractivity contribution is 7.11. The summed E-state index contributed by atoms with van der Waals surface area (Å²) in [5.74, 6) is -0.142. The minimum absolute atomic E-state index is 0.327. The first-order chi connectivity index (χ1) is 7.27. The number of rotatable bonds is 3. The molecule has 0 bridgehead atoms. The molecule has 1 aromatic carbocycles. The molecule has 2 rings (SSSR count). The Bertz CT molecular complexity index is 470. The van der Waals surface area contributed by atoms with Gasteiger partial charge in [-0.15, -0.1) is 5.10 Å². The van der Waals surface area contributed by atoms with Gasteiger partial charge in [0.2, 0.25) is 0 Å². The second-order valence-corrected chi connectivity index (χ2v) is 3.46. The van der Waals surface area contributed by atoms with Gasteiger partial charge in [0.25, 0.3) is 11.1 Å². The van der Waals surface area contributed by atoms with Crippen LogP contribution in [0.15, 0.2) is 29.8 Å². The number of hydrogen-bond acceptors (Lipinski definition) is 5. The maximum atomic E-state index is 11.1. The van der Waals surface area contributed by atoms with Crippen molar-refractivity contribution in [3.63, 3.8) is 0 Å². The molecule has 0 fully saturated rings. The van der Waals surface area contributed by atoms with Crippen LogP contribution in [0.25, 0.3) is 0 Å². The molecule has 0 saturated heterocycles. The van der Waals surface area contributed by atoms with Crippen LogP contribution in [0.3, 0.4) is 0 Å². The van der Waals surface area contributed by atoms with Gasteiger partial charge in [-0.2, -0.15) is 0 Å². The molecular weight excluding hydrogens is 214 g/mol. The Morgan fingerprint density at radius 3 is 2.87 bits per heavy atom. The van der Waals surface area contributed by atoms with Crippen LogP contribution in [-0.2, 0) is 0 Å². The molecule has 0 saturated carbocycles. The topological polar surface area (TPSA) is 78.1 Å². The Hall–Kier alpha value is -1.95. The highest BCUT2D eigenvalue weighted by Gasteiger charge is 2.10. The van der Waals surface area contributed by atoms with E-state index in [0.29, 0.717) is 16.5 Å². The third-order valence-electron chi connectivity index (χ3n) is 1.69. The summed E-state index contributed by atoms with van der Waals surface area (Å²) in [4.78, 5) is 11.1. The maximum Gasteiger partial charge on any atom is 0.299 e. The van der Waals surface area contributed by atoms with E-state index in [1.54, 1.807) is 29.8 Å². The SMILES string of the molecule is NC(=O)c1ccccc1Oc1nncs1. The number of benzene rings is 1. The number of nitrogens with two attached hydrogens (primary N) is 1. The summed E-state index contributed by atoms with van der Waals surface area (Å²) in [6, 6.07) is 6.72. The summed E-state index contributed by atoms with van der Waals surface area (Å²) in [6.45, 7) is 0. The fourth-order valence-corrected chi connectivity index (χ4v) is 1.48. The van der Waals surface area contributed by atoms with Crippen molar-refractivity contribution in [2.24, 2.45) is 5.73 Å². The molecule has 1 amide bonds. The summed E-state index contributed by atoms with van der Waals surface area (Å²) in [5, 5.41) is 7.70. The molecule has 0 spiro atoms. The average molecular weight is 221 g/mol. The first-order valence-corrected chi connectivity index (χ1v) is 4.98. The van der Waals surface area contributed by atoms with Gasteiger partial charge in [-0.25, -0.2) is 0 Å². The Morgan fingerprint density at radius 1 is 1.40 bits per heavy atom. The molecule has 76 valence electrons. The standard InChI is InChI=1S/C9H7N3O2S/c10-8(13)6-3-1-2-4-7(6)14-9-12-11-5-15-9/h1-5H,(H2,10,13). The third-order valence-corrected chi connectivity index (χ3v) is 2.26. The van der Waals surface area contributed by atoms with Crippen molar-refractivity contribution in [3.05, 3.63) is 35.3 Å². The fraction of sp³-hybridized carbons (Fsp3) is 0. The Kier molecular flexibility index (Phi) is 2.59. The van der Waals surface area contributed by atoms with Crippen LogP contribution in [0.2, 0.25) is 0 Å². The summed E-state index contributed by atoms with van der Waals surface area (Å²) in [6.07, 6.45) is 0. The lowest BCUT2D eigenvalue weighted by molar-refractivity contribution is 0.0998. The van der Waals surface area contributed by atoms with Gasteiger partial charge in [0.1, 0.15) is 11.3 Å². The second-order valence-electron chi connectivity index (χ2n) is 2.67. The molecule has 0 aliphatic heterocycles. The second kappa shape index (κ2) is 4.05. The molecule has 0 aliphatic rings. The van der Waals surface area contributed by atoms with E-state index in [1.807, 2.05) is 0 Å². The Balaban J connectivity index is 2.32. The van der Waals surface area contributed by atoms with Gasteiger partial charge in [-0.3, -0.25) is 4.79 Å². The van der Waals surface area contributed by atoms with Crippen molar-refractivity contribution >= 4 is 17.2 Å². The number of aromatic nitrogens is 2. The predicted octanol–water partition coefficient (Wildman–Crippen LogP) is 1.43. The van der Waals surface area contributed by atoms with E-state index in [0.717, 1.165) is 0 Å². The monoisotopic (exact) mass is 221 g/mol. The van der Waals surface area contributed by atoms with Crippen LogP contribution in [0.4, 0.5) is 0 Å². The van der Waals surface area contributed by atoms with Crippen LogP contribution >= 0.6 is 11.3 Å². The van der Waals surface area contributed by atoms with Crippen molar-refractivity contribution in [3.8, 4) is 10.9 Å². The lowest BCUT2D eigenvalue weighted by Gasteiger charge is -2.04. The predicted molar refractivity (Wildman–Crippen MR) is 54.9 cm³/mol. The van der Waals surface area contributed by atoms with E-state index in [9.17, 15) is 4.79 Å². The van der Waals surface area contributed by atoms with Gasteiger partial charge in [-0.1, -0.05) is 28.6 Å². The number of para-hydroxylation sites is 1. The largest absolute Gasteiger partial charge is 0.429 e. The minimum atomic E-state index is -0.532. The van der Waals surface area contributed by atoms with Gasteiger partial charge < -0.3 is 10.5 Å². The quantitative estimate of drug-likeness (QED) is 0.850. The van der Waals surface area contributed by atoms with E-state index >= 15 is 0 Å². The normalized spacial score (nSPS) is 9.87. The van der Waals surface area contributed by atoms with Crippen molar-refractivity contribution in [2.75, 3.05) is 0 Å². The van der Waals surface area contributed by atoms with Gasteiger partial charge in [-0.05, 0) is 12.1 Å². The molecule has 15 heavy (non-hydrogen) atoms. The molecule has 0 atom stereocenters. The summed E-state index contributed by atoms with van der Waals surface area (Å²) in [7, 11) is 0. The smallest absolute Gasteiger partial charge is 0.299 e. The molecule has 6 heteroatoms. The lowest BCUT2D eigenvalue weighted by Crippen LogP contribution is -2.11. The van der Waals surface area contributed by atoms with Gasteiger partial charge in [0.05, 0.1) is 5.56 Å². The molecule has 0 aliphatic carbocycles. The van der Waals surface area contributed by atoms with E-state index < -0.39 is 5.91 Å². The molecule has 2 N–H and O–H groups in total. The van der Waals surface area contributed by atoms with Crippen molar-refractivity contribution in [1.29, 1.82) is 0 Å². The molecule has 5 nitrogen and oxygen atoms in total. The third kappa shape index (κ3) is 2.10. The molecule has 1 aromatic heterocycles. The van der Waals surface area contributed by atoms with E-state index in [1.165, 1.54) is 11.3 Å². The number of amides is 1. The molecule has 0 radical (unpaired) electrons. The molecule has 1 heterocycles. The summed E-state index contributed by atoms with van der Waals surface area (Å²) < 4.78 is 5.35. The number of primary amides is 1. The lowest BCUT2D eigenvalue weighted by atomic mass is 10.2. The van der Waals surface area contributed by atoms with Crippen LogP contribution in [0, 0.1) is 0 Å². The molecule has 2 aromatic rings. The minimum Gasteiger partial charge on any atom is -0.429 e. The highest BCUT2D eigenvalue weighted by atomic mass is 32.1. The first-order valence-electron chi connectivity index (χ1n) is 4.10. The number of ether oxygens (including phenoxy) is 1. The van der Waals surface area contributed by atoms with Crippen LogP contribution < -0.4 is 10.5 Å². The van der Waals surface area contributed by atoms with Crippen molar-refractivity contribution in [1.82, 2.24) is 10.2 Å². The van der Waals surface area contributed by atoms with E-state index in [4.69, 9.17) is 10.5 Å². The fourth-order valence-electron chi connectivity index (χ4n) is 1.06. The van der Waals surface area contributed by atoms with Crippen molar-refractivity contribution in [2.45, 2.75) is 0 Å². The molecule has 0 unspecified atom stereocenters. The Morgan fingerprint density at radius 2 is 2.20 bits per heavy atom. The van der Waals surface area contributed by atoms with E-state index in [-0.39, 0.29) is 0 Å². The Labute approximate surface area is 89.5 Å². The summed E-state index contributed by atoms with van der Waals surface area (Å²) >= 11 is 1.24. The zero-order chi connectivity index (χ0) is 10.7. The van der Waals surface area contributed by atoms with Crippen LogP contribution in [0.1, 0.15) is 10.4 Å². The zero-order valence-electron chi connectivity index (χ0n) is 7.58. The number of carbonyl (C=O) groups is 1. The summed E-state index contributed by atoms with van der Waals surface area (Å²) in [5.41, 5.74) is 7.06. The van der Waals surface area contributed by atoms with Gasteiger partial charge >= 0.3 is 0 Å². The average Bonchev–Trinajstić information content (AvgIpc) is 2.71. The van der Waals surface area contributed by atoms with Crippen molar-refractivity contribution < 1.29 is 9.53 Å². The number of carbonyl (C=O) groups excluding carboxylic acids is 1. The first kappa shape index (κ1) is 9.60. The molecular formula is C9H7N3O2S. The maximum absolute atomic E-state index is 11.1.